The summed E-state index contributed by atoms with van der Waals surface area (Å²) in [7, 11) is -3.96. The van der Waals surface area contributed by atoms with Crippen LogP contribution in [-0.2, 0) is 10.1 Å². The number of rotatable bonds is 14. The number of nitrogens with two attached hydrogens (primary N) is 1. The molecule has 0 amide bonds. The van der Waals surface area contributed by atoms with E-state index in [1.807, 2.05) is 0 Å². The van der Waals surface area contributed by atoms with E-state index in [9.17, 15) is 8.42 Å². The van der Waals surface area contributed by atoms with Crippen LogP contribution in [0.1, 0.15) is 84.0 Å². The second-order valence-electron chi connectivity index (χ2n) is 6.09. The van der Waals surface area contributed by atoms with Crippen molar-refractivity contribution in [1.29, 1.82) is 0 Å². The lowest BCUT2D eigenvalue weighted by atomic mass is 10.0. The average molecular weight is 321 g/mol. The molecule has 0 saturated carbocycles. The van der Waals surface area contributed by atoms with Gasteiger partial charge in [0.25, 0.3) is 10.1 Å². The number of hydrogen-bond donors (Lipinski definition) is 2. The first kappa shape index (κ1) is 20.9. The van der Waals surface area contributed by atoms with Crippen molar-refractivity contribution in [2.24, 2.45) is 5.73 Å². The molecule has 2 atom stereocenters. The van der Waals surface area contributed by atoms with Gasteiger partial charge in [-0.3, -0.25) is 4.55 Å². The van der Waals surface area contributed by atoms with Crippen LogP contribution < -0.4 is 5.73 Å². The molecule has 0 heterocycles. The molecule has 0 aromatic heterocycles. The summed E-state index contributed by atoms with van der Waals surface area (Å²) in [5.41, 5.74) is 6.08. The third-order valence-corrected chi connectivity index (χ3v) is 5.03. The van der Waals surface area contributed by atoms with Crippen LogP contribution in [0.15, 0.2) is 0 Å². The second-order valence-corrected chi connectivity index (χ2v) is 7.79. The Labute approximate surface area is 131 Å². The van der Waals surface area contributed by atoms with Crippen LogP contribution in [-0.4, -0.2) is 24.3 Å². The topological polar surface area (TPSA) is 80.4 Å². The zero-order valence-electron chi connectivity index (χ0n) is 13.6. The van der Waals surface area contributed by atoms with E-state index in [0.29, 0.717) is 6.42 Å². The summed E-state index contributed by atoms with van der Waals surface area (Å²) >= 11 is 0. The zero-order chi connectivity index (χ0) is 16.1. The molecule has 0 aromatic carbocycles. The first-order chi connectivity index (χ1) is 9.88. The van der Waals surface area contributed by atoms with E-state index in [4.69, 9.17) is 10.3 Å². The van der Waals surface area contributed by atoms with Gasteiger partial charge in [-0.2, -0.15) is 8.42 Å². The minimum atomic E-state index is -3.96. The lowest BCUT2D eigenvalue weighted by Crippen LogP contribution is -2.19. The van der Waals surface area contributed by atoms with Crippen LogP contribution in [0.4, 0.5) is 0 Å². The van der Waals surface area contributed by atoms with Crippen molar-refractivity contribution >= 4 is 10.1 Å². The van der Waals surface area contributed by atoms with E-state index in [1.54, 1.807) is 0 Å². The summed E-state index contributed by atoms with van der Waals surface area (Å²) in [6.07, 6.45) is 13.0. The van der Waals surface area contributed by atoms with Crippen LogP contribution in [0, 0.1) is 6.92 Å². The van der Waals surface area contributed by atoms with Gasteiger partial charge in [0.15, 0.2) is 0 Å². The molecule has 0 aromatic rings. The normalized spacial score (nSPS) is 15.0. The average Bonchev–Trinajstić information content (AvgIpc) is 2.41. The van der Waals surface area contributed by atoms with E-state index >= 15 is 0 Å². The molecule has 0 rings (SSSR count). The second kappa shape index (κ2) is 12.4. The summed E-state index contributed by atoms with van der Waals surface area (Å²) in [5.74, 6) is 0. The lowest BCUT2D eigenvalue weighted by Gasteiger charge is -2.12. The van der Waals surface area contributed by atoms with Crippen molar-refractivity contribution in [1.82, 2.24) is 0 Å². The van der Waals surface area contributed by atoms with Gasteiger partial charge in [-0.15, -0.1) is 0 Å². The van der Waals surface area contributed by atoms with Gasteiger partial charge in [-0.25, -0.2) is 0 Å². The molecule has 0 bridgehead atoms. The van der Waals surface area contributed by atoms with Gasteiger partial charge in [0.1, 0.15) is 0 Å². The molecule has 0 aliphatic heterocycles. The molecule has 0 spiro atoms. The number of hydrogen-bond acceptors (Lipinski definition) is 3. The van der Waals surface area contributed by atoms with Crippen molar-refractivity contribution in [3.63, 3.8) is 0 Å². The molecule has 4 nitrogen and oxygen atoms in total. The first-order valence-electron chi connectivity index (χ1n) is 8.43. The first-order valence-corrected chi connectivity index (χ1v) is 9.93. The molecule has 2 unspecified atom stereocenters. The maximum atomic E-state index is 10.8. The standard InChI is InChI=1S/C16H34NO3S/c1-3-4-5-6-7-10-13-16(17)14-11-8-9-12-15(2)21(18,19)20/h15-16H,2-14,17H2,1H3,(H,18,19,20). The Morgan fingerprint density at radius 2 is 1.33 bits per heavy atom. The minimum absolute atomic E-state index is 0.272. The predicted octanol–water partition coefficient (Wildman–Crippen LogP) is 4.11. The summed E-state index contributed by atoms with van der Waals surface area (Å²) < 4.78 is 30.4. The van der Waals surface area contributed by atoms with Crippen LogP contribution in [0.2, 0.25) is 0 Å². The lowest BCUT2D eigenvalue weighted by molar-refractivity contribution is 0.462. The fourth-order valence-electron chi connectivity index (χ4n) is 2.44. The minimum Gasteiger partial charge on any atom is -0.328 e. The van der Waals surface area contributed by atoms with E-state index in [0.717, 1.165) is 32.1 Å². The molecule has 0 fully saturated rings. The highest BCUT2D eigenvalue weighted by Crippen LogP contribution is 2.14. The SMILES string of the molecule is [CH2]C(CCCCCC(N)CCCCCCCC)S(=O)(=O)O. The Bertz CT molecular complexity index is 330. The van der Waals surface area contributed by atoms with E-state index in [2.05, 4.69) is 13.8 Å². The summed E-state index contributed by atoms with van der Waals surface area (Å²) in [6, 6.07) is 0.272. The van der Waals surface area contributed by atoms with Gasteiger partial charge >= 0.3 is 0 Å². The Balaban J connectivity index is 3.40. The number of unbranched alkanes of at least 4 members (excludes halogenated alkanes) is 7. The molecule has 0 aliphatic carbocycles. The zero-order valence-corrected chi connectivity index (χ0v) is 14.4. The fourth-order valence-corrected chi connectivity index (χ4v) is 2.90. The van der Waals surface area contributed by atoms with Crippen LogP contribution >= 0.6 is 0 Å². The van der Waals surface area contributed by atoms with E-state index < -0.39 is 15.4 Å². The molecule has 3 N–H and O–H groups in total. The van der Waals surface area contributed by atoms with Gasteiger partial charge in [-0.1, -0.05) is 64.7 Å². The maximum absolute atomic E-state index is 10.8. The smallest absolute Gasteiger partial charge is 0.267 e. The molecular weight excluding hydrogens is 286 g/mol. The highest BCUT2D eigenvalue weighted by molar-refractivity contribution is 7.86. The summed E-state index contributed by atoms with van der Waals surface area (Å²) in [6.45, 7) is 5.68. The highest BCUT2D eigenvalue weighted by Gasteiger charge is 2.16. The Morgan fingerprint density at radius 3 is 1.86 bits per heavy atom. The van der Waals surface area contributed by atoms with Crippen molar-refractivity contribution < 1.29 is 13.0 Å². The van der Waals surface area contributed by atoms with Crippen molar-refractivity contribution in [2.75, 3.05) is 0 Å². The summed E-state index contributed by atoms with van der Waals surface area (Å²) in [4.78, 5) is 0. The third kappa shape index (κ3) is 13.3. The predicted molar refractivity (Wildman–Crippen MR) is 89.7 cm³/mol. The van der Waals surface area contributed by atoms with Gasteiger partial charge < -0.3 is 5.73 Å². The van der Waals surface area contributed by atoms with Crippen LogP contribution in [0.25, 0.3) is 0 Å². The van der Waals surface area contributed by atoms with Gasteiger partial charge in [0.2, 0.25) is 0 Å². The Kier molecular flexibility index (Phi) is 12.3. The van der Waals surface area contributed by atoms with E-state index in [1.165, 1.54) is 38.5 Å². The fraction of sp³-hybridized carbons (Fsp3) is 0.938. The van der Waals surface area contributed by atoms with Gasteiger partial charge in [0, 0.05) is 6.04 Å². The molecule has 5 heteroatoms. The maximum Gasteiger partial charge on any atom is 0.267 e. The van der Waals surface area contributed by atoms with Crippen LogP contribution in [0.3, 0.4) is 0 Å². The molecule has 1 radical (unpaired) electrons. The van der Waals surface area contributed by atoms with Crippen molar-refractivity contribution in [3.8, 4) is 0 Å². The molecule has 0 saturated heterocycles. The van der Waals surface area contributed by atoms with Gasteiger partial charge in [0.05, 0.1) is 5.25 Å². The van der Waals surface area contributed by atoms with Crippen molar-refractivity contribution in [2.45, 2.75) is 95.3 Å². The molecular formula is C16H34NO3S. The van der Waals surface area contributed by atoms with Gasteiger partial charge in [-0.05, 0) is 26.2 Å². The summed E-state index contributed by atoms with van der Waals surface area (Å²) in [5, 5.41) is -0.894. The molecule has 127 valence electrons. The largest absolute Gasteiger partial charge is 0.328 e. The Hall–Kier alpha value is -0.130. The van der Waals surface area contributed by atoms with E-state index in [-0.39, 0.29) is 6.04 Å². The quantitative estimate of drug-likeness (QED) is 0.373. The molecule has 21 heavy (non-hydrogen) atoms. The third-order valence-electron chi connectivity index (χ3n) is 3.95. The highest BCUT2D eigenvalue weighted by atomic mass is 32.2. The monoisotopic (exact) mass is 320 g/mol. The molecule has 0 aliphatic rings. The van der Waals surface area contributed by atoms with Crippen molar-refractivity contribution in [3.05, 3.63) is 6.92 Å². The van der Waals surface area contributed by atoms with Crippen LogP contribution in [0.5, 0.6) is 0 Å². The Morgan fingerprint density at radius 1 is 0.905 bits per heavy atom.